The van der Waals surface area contributed by atoms with Gasteiger partial charge in [0.1, 0.15) is 0 Å². The molecule has 3 nitrogen and oxygen atoms in total. The molecule has 0 amide bonds. The third kappa shape index (κ3) is 4.75. The van der Waals surface area contributed by atoms with Crippen LogP contribution in [0.3, 0.4) is 0 Å². The summed E-state index contributed by atoms with van der Waals surface area (Å²) in [7, 11) is 3.80. The number of methoxy groups -OCH3 is 1. The first-order chi connectivity index (χ1) is 8.17. The van der Waals surface area contributed by atoms with Gasteiger partial charge >= 0.3 is 0 Å². The van der Waals surface area contributed by atoms with E-state index in [4.69, 9.17) is 10.5 Å². The Morgan fingerprint density at radius 3 is 2.47 bits per heavy atom. The molecule has 0 aliphatic carbocycles. The fraction of sp³-hybridized carbons (Fsp3) is 0.571. The van der Waals surface area contributed by atoms with Gasteiger partial charge in [-0.3, -0.25) is 0 Å². The van der Waals surface area contributed by atoms with Crippen molar-refractivity contribution < 1.29 is 4.74 Å². The van der Waals surface area contributed by atoms with Crippen LogP contribution < -0.4 is 10.6 Å². The number of anilines is 1. The Morgan fingerprint density at radius 2 is 1.94 bits per heavy atom. The maximum atomic E-state index is 5.94. The second kappa shape index (κ2) is 7.30. The summed E-state index contributed by atoms with van der Waals surface area (Å²) in [6, 6.07) is 8.88. The summed E-state index contributed by atoms with van der Waals surface area (Å²) < 4.78 is 5.07. The highest BCUT2D eigenvalue weighted by molar-refractivity contribution is 5.46. The van der Waals surface area contributed by atoms with Crippen molar-refractivity contribution in [1.82, 2.24) is 0 Å². The Balaban J connectivity index is 2.54. The molecule has 96 valence electrons. The molecule has 1 unspecified atom stereocenters. The first-order valence-corrected chi connectivity index (χ1v) is 6.22. The molecule has 0 fully saturated rings. The lowest BCUT2D eigenvalue weighted by molar-refractivity contribution is 0.206. The van der Waals surface area contributed by atoms with Crippen molar-refractivity contribution in [2.45, 2.75) is 25.8 Å². The Labute approximate surface area is 105 Å². The van der Waals surface area contributed by atoms with Crippen LogP contribution in [0, 0.1) is 0 Å². The second-order valence-electron chi connectivity index (χ2n) is 4.45. The highest BCUT2D eigenvalue weighted by Gasteiger charge is 2.03. The van der Waals surface area contributed by atoms with Gasteiger partial charge in [0.2, 0.25) is 0 Å². The van der Waals surface area contributed by atoms with Crippen LogP contribution >= 0.6 is 0 Å². The highest BCUT2D eigenvalue weighted by atomic mass is 16.5. The molecule has 1 aromatic rings. The van der Waals surface area contributed by atoms with Crippen molar-refractivity contribution >= 4 is 5.69 Å². The smallest absolute Gasteiger partial charge is 0.0637 e. The SMILES string of the molecule is CCC(N)Cc1ccc(N(C)CCOC)cc1. The number of rotatable bonds is 7. The van der Waals surface area contributed by atoms with Crippen LogP contribution in [0.15, 0.2) is 24.3 Å². The number of benzene rings is 1. The summed E-state index contributed by atoms with van der Waals surface area (Å²) >= 11 is 0. The van der Waals surface area contributed by atoms with Gasteiger partial charge in [-0.15, -0.1) is 0 Å². The van der Waals surface area contributed by atoms with E-state index in [9.17, 15) is 0 Å². The quantitative estimate of drug-likeness (QED) is 0.787. The van der Waals surface area contributed by atoms with E-state index in [0.29, 0.717) is 0 Å². The maximum absolute atomic E-state index is 5.94. The minimum Gasteiger partial charge on any atom is -0.383 e. The van der Waals surface area contributed by atoms with Crippen LogP contribution in [0.5, 0.6) is 0 Å². The summed E-state index contributed by atoms with van der Waals surface area (Å²) in [6.07, 6.45) is 1.98. The van der Waals surface area contributed by atoms with E-state index in [0.717, 1.165) is 26.0 Å². The Bertz CT molecular complexity index is 311. The Morgan fingerprint density at radius 1 is 1.29 bits per heavy atom. The molecule has 0 radical (unpaired) electrons. The van der Waals surface area contributed by atoms with Crippen LogP contribution in [-0.2, 0) is 11.2 Å². The number of hydrogen-bond acceptors (Lipinski definition) is 3. The van der Waals surface area contributed by atoms with Crippen molar-refractivity contribution in [2.75, 3.05) is 32.2 Å². The number of nitrogens with zero attached hydrogens (tertiary/aromatic N) is 1. The van der Waals surface area contributed by atoms with Gasteiger partial charge in [0.15, 0.2) is 0 Å². The molecule has 0 bridgehead atoms. The van der Waals surface area contributed by atoms with Crippen LogP contribution in [0.1, 0.15) is 18.9 Å². The zero-order valence-corrected chi connectivity index (χ0v) is 11.1. The molecule has 1 atom stereocenters. The van der Waals surface area contributed by atoms with Crippen LogP contribution in [0.4, 0.5) is 5.69 Å². The zero-order chi connectivity index (χ0) is 12.7. The third-order valence-electron chi connectivity index (χ3n) is 3.03. The van der Waals surface area contributed by atoms with Gasteiger partial charge in [0.05, 0.1) is 6.61 Å². The highest BCUT2D eigenvalue weighted by Crippen LogP contribution is 2.14. The minimum atomic E-state index is 0.270. The van der Waals surface area contributed by atoms with E-state index in [2.05, 4.69) is 43.1 Å². The van der Waals surface area contributed by atoms with Gasteiger partial charge in [-0.2, -0.15) is 0 Å². The average molecular weight is 236 g/mol. The second-order valence-corrected chi connectivity index (χ2v) is 4.45. The van der Waals surface area contributed by atoms with Crippen molar-refractivity contribution in [1.29, 1.82) is 0 Å². The molecule has 0 aromatic heterocycles. The van der Waals surface area contributed by atoms with Gasteiger partial charge in [0.25, 0.3) is 0 Å². The van der Waals surface area contributed by atoms with Crippen LogP contribution in [0.25, 0.3) is 0 Å². The molecule has 3 heteroatoms. The first kappa shape index (κ1) is 14.0. The molecule has 2 N–H and O–H groups in total. The zero-order valence-electron chi connectivity index (χ0n) is 11.1. The van der Waals surface area contributed by atoms with Gasteiger partial charge in [-0.05, 0) is 30.5 Å². The molecule has 0 heterocycles. The predicted molar refractivity (Wildman–Crippen MR) is 73.6 cm³/mol. The number of ether oxygens (including phenoxy) is 1. The number of nitrogens with two attached hydrogens (primary N) is 1. The van der Waals surface area contributed by atoms with Crippen molar-refractivity contribution in [3.05, 3.63) is 29.8 Å². The van der Waals surface area contributed by atoms with E-state index in [1.807, 2.05) is 0 Å². The molecule has 0 aliphatic rings. The third-order valence-corrected chi connectivity index (χ3v) is 3.03. The monoisotopic (exact) mass is 236 g/mol. The number of likely N-dealkylation sites (N-methyl/N-ethyl adjacent to an activating group) is 1. The van der Waals surface area contributed by atoms with Crippen LogP contribution in [-0.4, -0.2) is 33.4 Å². The molecule has 0 saturated heterocycles. The Kier molecular flexibility index (Phi) is 6.01. The summed E-state index contributed by atoms with van der Waals surface area (Å²) in [4.78, 5) is 2.19. The Hall–Kier alpha value is -1.06. The van der Waals surface area contributed by atoms with E-state index in [-0.39, 0.29) is 6.04 Å². The minimum absolute atomic E-state index is 0.270. The fourth-order valence-corrected chi connectivity index (χ4v) is 1.69. The molecular formula is C14H24N2O. The standard InChI is InChI=1S/C14H24N2O/c1-4-13(15)11-12-5-7-14(8-6-12)16(2)9-10-17-3/h5-8,13H,4,9-11,15H2,1-3H3. The van der Waals surface area contributed by atoms with Gasteiger partial charge in [-0.1, -0.05) is 19.1 Å². The summed E-state index contributed by atoms with van der Waals surface area (Å²) in [5.74, 6) is 0. The van der Waals surface area contributed by atoms with Gasteiger partial charge < -0.3 is 15.4 Å². The summed E-state index contributed by atoms with van der Waals surface area (Å²) in [6.45, 7) is 3.78. The van der Waals surface area contributed by atoms with Crippen molar-refractivity contribution in [3.63, 3.8) is 0 Å². The summed E-state index contributed by atoms with van der Waals surface area (Å²) in [5.41, 5.74) is 8.47. The van der Waals surface area contributed by atoms with E-state index in [1.54, 1.807) is 7.11 Å². The maximum Gasteiger partial charge on any atom is 0.0637 e. The van der Waals surface area contributed by atoms with E-state index >= 15 is 0 Å². The van der Waals surface area contributed by atoms with Crippen molar-refractivity contribution in [2.24, 2.45) is 5.73 Å². The molecular weight excluding hydrogens is 212 g/mol. The van der Waals surface area contributed by atoms with E-state index in [1.165, 1.54) is 11.3 Å². The first-order valence-electron chi connectivity index (χ1n) is 6.22. The lowest BCUT2D eigenvalue weighted by atomic mass is 10.0. The average Bonchev–Trinajstić information content (AvgIpc) is 2.36. The van der Waals surface area contributed by atoms with E-state index < -0.39 is 0 Å². The molecule has 1 rings (SSSR count). The lowest BCUT2D eigenvalue weighted by Gasteiger charge is -2.19. The van der Waals surface area contributed by atoms with Crippen LogP contribution in [0.2, 0.25) is 0 Å². The predicted octanol–water partition coefficient (Wildman–Crippen LogP) is 2.05. The molecule has 0 spiro atoms. The van der Waals surface area contributed by atoms with Gasteiger partial charge in [-0.25, -0.2) is 0 Å². The molecule has 17 heavy (non-hydrogen) atoms. The normalized spacial score (nSPS) is 12.5. The topological polar surface area (TPSA) is 38.5 Å². The van der Waals surface area contributed by atoms with Crippen molar-refractivity contribution in [3.8, 4) is 0 Å². The largest absolute Gasteiger partial charge is 0.383 e. The fourth-order valence-electron chi connectivity index (χ4n) is 1.69. The molecule has 1 aromatic carbocycles. The molecule has 0 aliphatic heterocycles. The molecule has 0 saturated carbocycles. The summed E-state index contributed by atoms with van der Waals surface area (Å²) in [5, 5.41) is 0. The number of hydrogen-bond donors (Lipinski definition) is 1. The lowest BCUT2D eigenvalue weighted by Crippen LogP contribution is -2.22. The van der Waals surface area contributed by atoms with Gasteiger partial charge in [0, 0.05) is 32.4 Å².